The summed E-state index contributed by atoms with van der Waals surface area (Å²) in [5, 5.41) is 2.65. The highest BCUT2D eigenvalue weighted by molar-refractivity contribution is 7.89. The van der Waals surface area contributed by atoms with E-state index in [2.05, 4.69) is 10.3 Å². The van der Waals surface area contributed by atoms with Gasteiger partial charge in [0.1, 0.15) is 5.82 Å². The van der Waals surface area contributed by atoms with Crippen LogP contribution in [0.1, 0.15) is 30.9 Å². The lowest BCUT2D eigenvalue weighted by Crippen LogP contribution is -2.36. The predicted octanol–water partition coefficient (Wildman–Crippen LogP) is 2.34. The molecule has 1 N–H and O–H groups in total. The second-order valence-corrected chi connectivity index (χ2v) is 10.3. The number of nitrogens with one attached hydrogen (secondary N) is 1. The second-order valence-electron chi connectivity index (χ2n) is 8.30. The fraction of sp³-hybridized carbons (Fsp3) is 0.409. The Morgan fingerprint density at radius 3 is 2.68 bits per heavy atom. The van der Waals surface area contributed by atoms with Crippen molar-refractivity contribution in [3.63, 3.8) is 0 Å². The Bertz CT molecular complexity index is 1140. The molecule has 1 fully saturated rings. The molecule has 1 saturated carbocycles. The molecule has 1 aromatic carbocycles. The summed E-state index contributed by atoms with van der Waals surface area (Å²) in [6.45, 7) is 3.45. The summed E-state index contributed by atoms with van der Waals surface area (Å²) in [6, 6.07) is 8.42. The molecule has 0 radical (unpaired) electrons. The zero-order valence-electron chi connectivity index (χ0n) is 17.8. The van der Waals surface area contributed by atoms with Gasteiger partial charge in [0.15, 0.2) is 0 Å². The Morgan fingerprint density at radius 1 is 1.26 bits per heavy atom. The molecule has 9 heteroatoms. The molecule has 1 aliphatic carbocycles. The van der Waals surface area contributed by atoms with Crippen molar-refractivity contribution < 1.29 is 18.0 Å². The third kappa shape index (κ3) is 4.20. The number of rotatable bonds is 6. The van der Waals surface area contributed by atoms with Crippen LogP contribution in [0.3, 0.4) is 0 Å². The molecule has 0 bridgehead atoms. The zero-order chi connectivity index (χ0) is 22.3. The van der Waals surface area contributed by atoms with Gasteiger partial charge in [-0.2, -0.15) is 4.31 Å². The molecule has 1 aliphatic heterocycles. The third-order valence-corrected chi connectivity index (χ3v) is 7.57. The van der Waals surface area contributed by atoms with Gasteiger partial charge in [0.05, 0.1) is 11.4 Å². The lowest BCUT2D eigenvalue weighted by Gasteiger charge is -2.23. The van der Waals surface area contributed by atoms with Crippen LogP contribution >= 0.6 is 0 Å². The number of likely N-dealkylation sites (N-methyl/N-ethyl adjacent to an activating group) is 1. The number of hydrogen-bond acceptors (Lipinski definition) is 5. The molecule has 8 nitrogen and oxygen atoms in total. The molecule has 1 atom stereocenters. The number of amides is 2. The molecular formula is C22H26N4O4S. The molecule has 31 heavy (non-hydrogen) atoms. The normalized spacial score (nSPS) is 18.2. The topological polar surface area (TPSA) is 99.7 Å². The smallest absolute Gasteiger partial charge is 0.243 e. The van der Waals surface area contributed by atoms with Crippen molar-refractivity contribution in [2.24, 2.45) is 5.92 Å². The van der Waals surface area contributed by atoms with Gasteiger partial charge in [0.2, 0.25) is 21.8 Å². The van der Waals surface area contributed by atoms with Crippen LogP contribution in [-0.2, 0) is 26.0 Å². The van der Waals surface area contributed by atoms with Crippen molar-refractivity contribution in [2.75, 3.05) is 23.8 Å². The Balaban J connectivity index is 1.50. The fourth-order valence-corrected chi connectivity index (χ4v) is 5.06. The summed E-state index contributed by atoms with van der Waals surface area (Å²) in [7, 11) is -2.49. The number of pyridine rings is 1. The van der Waals surface area contributed by atoms with E-state index in [0.717, 1.165) is 34.0 Å². The number of hydrogen-bond donors (Lipinski definition) is 1. The summed E-state index contributed by atoms with van der Waals surface area (Å²) >= 11 is 0. The number of carbonyl (C=O) groups excluding carboxylic acids is 2. The van der Waals surface area contributed by atoms with Crippen molar-refractivity contribution >= 4 is 33.3 Å². The first-order chi connectivity index (χ1) is 14.7. The van der Waals surface area contributed by atoms with Crippen LogP contribution < -0.4 is 10.2 Å². The first-order valence-electron chi connectivity index (χ1n) is 10.3. The fourth-order valence-electron chi connectivity index (χ4n) is 3.89. The standard InChI is InChI=1S/C22H26N4O4S/c1-14-5-4-10-23-21(14)24-20(27)13-25(3)31(29,30)18-8-9-19-17(12-18)11-15(2)26(19)22(28)16-6-7-16/h4-5,8-10,12,15-16H,6-7,11,13H2,1-3H3,(H,23,24,27)/t15-/m0/s1. The molecule has 0 unspecified atom stereocenters. The number of aromatic nitrogens is 1. The lowest BCUT2D eigenvalue weighted by molar-refractivity contribution is -0.120. The Hall–Kier alpha value is -2.78. The summed E-state index contributed by atoms with van der Waals surface area (Å²) in [4.78, 5) is 31.0. The molecule has 0 spiro atoms. The Labute approximate surface area is 182 Å². The molecule has 2 heterocycles. The van der Waals surface area contributed by atoms with E-state index < -0.39 is 15.9 Å². The van der Waals surface area contributed by atoms with Crippen LogP contribution in [0, 0.1) is 12.8 Å². The summed E-state index contributed by atoms with van der Waals surface area (Å²) in [5.41, 5.74) is 2.42. The van der Waals surface area contributed by atoms with Gasteiger partial charge in [-0.05, 0) is 68.5 Å². The molecule has 2 aromatic rings. The number of nitrogens with zero attached hydrogens (tertiary/aromatic N) is 3. The van der Waals surface area contributed by atoms with Gasteiger partial charge in [-0.25, -0.2) is 13.4 Å². The third-order valence-electron chi connectivity index (χ3n) is 5.77. The van der Waals surface area contributed by atoms with Crippen LogP contribution in [0.25, 0.3) is 0 Å². The minimum absolute atomic E-state index is 0.00572. The van der Waals surface area contributed by atoms with Gasteiger partial charge < -0.3 is 10.2 Å². The second kappa shape index (κ2) is 8.05. The van der Waals surface area contributed by atoms with E-state index in [1.54, 1.807) is 29.3 Å². The maximum atomic E-state index is 13.1. The van der Waals surface area contributed by atoms with Gasteiger partial charge in [-0.1, -0.05) is 6.07 Å². The molecule has 4 rings (SSSR count). The molecule has 0 saturated heterocycles. The van der Waals surface area contributed by atoms with E-state index in [-0.39, 0.29) is 29.3 Å². The van der Waals surface area contributed by atoms with E-state index in [1.165, 1.54) is 13.1 Å². The number of anilines is 2. The number of aryl methyl sites for hydroxylation is 1. The van der Waals surface area contributed by atoms with Gasteiger partial charge in [-0.15, -0.1) is 0 Å². The van der Waals surface area contributed by atoms with Crippen molar-refractivity contribution in [2.45, 2.75) is 44.0 Å². The first-order valence-corrected chi connectivity index (χ1v) is 11.8. The molecule has 164 valence electrons. The minimum atomic E-state index is -3.87. The lowest BCUT2D eigenvalue weighted by atomic mass is 10.1. The molecule has 2 amide bonds. The highest BCUT2D eigenvalue weighted by Gasteiger charge is 2.40. The number of carbonyl (C=O) groups is 2. The number of fused-ring (bicyclic) bond motifs is 1. The van der Waals surface area contributed by atoms with E-state index in [4.69, 9.17) is 0 Å². The van der Waals surface area contributed by atoms with E-state index >= 15 is 0 Å². The highest BCUT2D eigenvalue weighted by Crippen LogP contribution is 2.39. The maximum absolute atomic E-state index is 13.1. The SMILES string of the molecule is Cc1cccnc1NC(=O)CN(C)S(=O)(=O)c1ccc2c(c1)C[C@H](C)N2C(=O)C1CC1. The minimum Gasteiger partial charge on any atom is -0.309 e. The van der Waals surface area contributed by atoms with E-state index in [1.807, 2.05) is 19.9 Å². The zero-order valence-corrected chi connectivity index (χ0v) is 18.6. The first kappa shape index (κ1) is 21.5. The summed E-state index contributed by atoms with van der Waals surface area (Å²) < 4.78 is 27.1. The summed E-state index contributed by atoms with van der Waals surface area (Å²) in [6.07, 6.45) is 4.02. The summed E-state index contributed by atoms with van der Waals surface area (Å²) in [5.74, 6) is 0.166. The number of benzene rings is 1. The average Bonchev–Trinajstić information content (AvgIpc) is 3.51. The molecular weight excluding hydrogens is 416 g/mol. The van der Waals surface area contributed by atoms with E-state index in [0.29, 0.717) is 12.2 Å². The van der Waals surface area contributed by atoms with Gasteiger partial charge >= 0.3 is 0 Å². The van der Waals surface area contributed by atoms with E-state index in [9.17, 15) is 18.0 Å². The predicted molar refractivity (Wildman–Crippen MR) is 117 cm³/mol. The van der Waals surface area contributed by atoms with Crippen LogP contribution in [0.4, 0.5) is 11.5 Å². The Morgan fingerprint density at radius 2 is 2.00 bits per heavy atom. The molecule has 1 aromatic heterocycles. The highest BCUT2D eigenvalue weighted by atomic mass is 32.2. The van der Waals surface area contributed by atoms with Gasteiger partial charge in [0.25, 0.3) is 0 Å². The van der Waals surface area contributed by atoms with Crippen molar-refractivity contribution in [1.82, 2.24) is 9.29 Å². The Kier molecular flexibility index (Phi) is 5.57. The van der Waals surface area contributed by atoms with Crippen LogP contribution in [0.15, 0.2) is 41.4 Å². The maximum Gasteiger partial charge on any atom is 0.243 e. The van der Waals surface area contributed by atoms with Gasteiger partial charge in [0, 0.05) is 30.9 Å². The average molecular weight is 443 g/mol. The van der Waals surface area contributed by atoms with Crippen LogP contribution in [0.2, 0.25) is 0 Å². The quantitative estimate of drug-likeness (QED) is 0.740. The largest absolute Gasteiger partial charge is 0.309 e. The van der Waals surface area contributed by atoms with Crippen molar-refractivity contribution in [1.29, 1.82) is 0 Å². The van der Waals surface area contributed by atoms with Gasteiger partial charge in [-0.3, -0.25) is 9.59 Å². The van der Waals surface area contributed by atoms with Crippen LogP contribution in [-0.4, -0.2) is 49.2 Å². The van der Waals surface area contributed by atoms with Crippen LogP contribution in [0.5, 0.6) is 0 Å². The number of sulfonamides is 1. The monoisotopic (exact) mass is 442 g/mol. The van der Waals surface area contributed by atoms with Crippen molar-refractivity contribution in [3.8, 4) is 0 Å². The molecule has 2 aliphatic rings. The van der Waals surface area contributed by atoms with Crippen molar-refractivity contribution in [3.05, 3.63) is 47.7 Å².